The Morgan fingerprint density at radius 2 is 1.80 bits per heavy atom. The van der Waals surface area contributed by atoms with Gasteiger partial charge in [0.15, 0.2) is 11.5 Å². The molecule has 0 radical (unpaired) electrons. The van der Waals surface area contributed by atoms with Gasteiger partial charge in [-0.05, 0) is 44.2 Å². The van der Waals surface area contributed by atoms with Crippen LogP contribution in [0.4, 0.5) is 0 Å². The van der Waals surface area contributed by atoms with Crippen molar-refractivity contribution in [3.8, 4) is 17.2 Å². The zero-order chi connectivity index (χ0) is 21.3. The normalized spacial score (nSPS) is 13.2. The summed E-state index contributed by atoms with van der Waals surface area (Å²) in [6.45, 7) is 2.49. The summed E-state index contributed by atoms with van der Waals surface area (Å²) in [5.74, 6) is 1.98. The summed E-state index contributed by atoms with van der Waals surface area (Å²) in [7, 11) is 4.56. The standard InChI is InChI=1S/C22H26N4O4/c1-13-14-7-5-6-8-16(14)25-18(24-13)9-10-26-12-23-19-15(22(26)27)11-17(28-2)20(29-3)21(19)30-4/h11-12H,5-10H2,1-4H3. The van der Waals surface area contributed by atoms with Gasteiger partial charge in [-0.25, -0.2) is 15.0 Å². The summed E-state index contributed by atoms with van der Waals surface area (Å²) < 4.78 is 17.8. The van der Waals surface area contributed by atoms with Gasteiger partial charge >= 0.3 is 0 Å². The molecule has 2 aromatic heterocycles. The van der Waals surface area contributed by atoms with E-state index in [2.05, 4.69) is 9.97 Å². The van der Waals surface area contributed by atoms with Crippen LogP contribution in [0.2, 0.25) is 0 Å². The molecule has 8 heteroatoms. The lowest BCUT2D eigenvalue weighted by molar-refractivity contribution is 0.326. The minimum atomic E-state index is -0.172. The van der Waals surface area contributed by atoms with E-state index in [-0.39, 0.29) is 5.56 Å². The molecule has 30 heavy (non-hydrogen) atoms. The van der Waals surface area contributed by atoms with Crippen LogP contribution in [0.1, 0.15) is 35.6 Å². The second-order valence-electron chi connectivity index (χ2n) is 7.39. The molecule has 8 nitrogen and oxygen atoms in total. The number of benzene rings is 1. The first-order chi connectivity index (χ1) is 14.6. The van der Waals surface area contributed by atoms with Gasteiger partial charge in [-0.1, -0.05) is 0 Å². The van der Waals surface area contributed by atoms with Crippen LogP contribution in [-0.2, 0) is 25.8 Å². The highest BCUT2D eigenvalue weighted by Gasteiger charge is 2.20. The Morgan fingerprint density at radius 3 is 2.53 bits per heavy atom. The van der Waals surface area contributed by atoms with Crippen LogP contribution in [-0.4, -0.2) is 40.8 Å². The van der Waals surface area contributed by atoms with Gasteiger partial charge in [0.1, 0.15) is 11.3 Å². The highest BCUT2D eigenvalue weighted by atomic mass is 16.5. The highest BCUT2D eigenvalue weighted by Crippen LogP contribution is 2.41. The van der Waals surface area contributed by atoms with Crippen molar-refractivity contribution < 1.29 is 14.2 Å². The first kappa shape index (κ1) is 20.1. The predicted molar refractivity (Wildman–Crippen MR) is 113 cm³/mol. The summed E-state index contributed by atoms with van der Waals surface area (Å²) in [5, 5.41) is 0.412. The van der Waals surface area contributed by atoms with Crippen LogP contribution in [0.3, 0.4) is 0 Å². The lowest BCUT2D eigenvalue weighted by atomic mass is 9.95. The molecule has 158 valence electrons. The van der Waals surface area contributed by atoms with Gasteiger partial charge in [0.05, 0.1) is 33.0 Å². The van der Waals surface area contributed by atoms with Crippen molar-refractivity contribution in [3.63, 3.8) is 0 Å². The smallest absolute Gasteiger partial charge is 0.261 e. The van der Waals surface area contributed by atoms with Crippen molar-refractivity contribution in [2.75, 3.05) is 21.3 Å². The number of nitrogens with zero attached hydrogens (tertiary/aromatic N) is 4. The fraction of sp³-hybridized carbons (Fsp3) is 0.455. The largest absolute Gasteiger partial charge is 0.493 e. The lowest BCUT2D eigenvalue weighted by Gasteiger charge is -2.17. The predicted octanol–water partition coefficient (Wildman–Crippen LogP) is 2.64. The summed E-state index contributed by atoms with van der Waals surface area (Å²) in [6.07, 6.45) is 6.53. The molecule has 0 saturated carbocycles. The highest BCUT2D eigenvalue weighted by molar-refractivity contribution is 5.89. The molecule has 0 fully saturated rings. The molecule has 4 rings (SSSR count). The molecule has 1 aliphatic carbocycles. The van der Waals surface area contributed by atoms with Crippen molar-refractivity contribution in [2.45, 2.75) is 45.6 Å². The molecule has 1 aromatic carbocycles. The Morgan fingerprint density at radius 1 is 1.03 bits per heavy atom. The average Bonchev–Trinajstić information content (AvgIpc) is 2.77. The van der Waals surface area contributed by atoms with Gasteiger partial charge in [0.25, 0.3) is 5.56 Å². The zero-order valence-electron chi connectivity index (χ0n) is 17.8. The van der Waals surface area contributed by atoms with E-state index < -0.39 is 0 Å². The zero-order valence-corrected chi connectivity index (χ0v) is 17.8. The number of aromatic nitrogens is 4. The maximum absolute atomic E-state index is 13.1. The minimum absolute atomic E-state index is 0.172. The number of rotatable bonds is 6. The third-order valence-electron chi connectivity index (χ3n) is 5.63. The Bertz CT molecular complexity index is 1160. The van der Waals surface area contributed by atoms with Crippen molar-refractivity contribution >= 4 is 10.9 Å². The van der Waals surface area contributed by atoms with Crippen molar-refractivity contribution in [1.29, 1.82) is 0 Å². The van der Waals surface area contributed by atoms with Crippen LogP contribution < -0.4 is 19.8 Å². The van der Waals surface area contributed by atoms with Gasteiger partial charge in [-0.3, -0.25) is 9.36 Å². The average molecular weight is 410 g/mol. The first-order valence-corrected chi connectivity index (χ1v) is 10.1. The van der Waals surface area contributed by atoms with Gasteiger partial charge < -0.3 is 14.2 Å². The van der Waals surface area contributed by atoms with E-state index in [4.69, 9.17) is 19.2 Å². The lowest BCUT2D eigenvalue weighted by Crippen LogP contribution is -2.23. The monoisotopic (exact) mass is 410 g/mol. The topological polar surface area (TPSA) is 88.4 Å². The minimum Gasteiger partial charge on any atom is -0.493 e. The first-order valence-electron chi connectivity index (χ1n) is 10.1. The Hall–Kier alpha value is -3.16. The fourth-order valence-electron chi connectivity index (χ4n) is 4.10. The molecule has 1 aliphatic rings. The van der Waals surface area contributed by atoms with E-state index in [1.807, 2.05) is 6.92 Å². The van der Waals surface area contributed by atoms with Crippen molar-refractivity contribution in [2.24, 2.45) is 0 Å². The van der Waals surface area contributed by atoms with Gasteiger partial charge in [-0.2, -0.15) is 0 Å². The quantitative estimate of drug-likeness (QED) is 0.617. The third-order valence-corrected chi connectivity index (χ3v) is 5.63. The summed E-state index contributed by atoms with van der Waals surface area (Å²) in [4.78, 5) is 27.0. The van der Waals surface area contributed by atoms with Crippen LogP contribution in [0.25, 0.3) is 10.9 Å². The number of ether oxygens (including phenoxy) is 3. The summed E-state index contributed by atoms with van der Waals surface area (Å²) in [5.41, 5.74) is 3.78. The van der Waals surface area contributed by atoms with Crippen molar-refractivity contribution in [1.82, 2.24) is 19.5 Å². The van der Waals surface area contributed by atoms with Gasteiger partial charge in [0.2, 0.25) is 5.75 Å². The fourth-order valence-corrected chi connectivity index (χ4v) is 4.10. The molecule has 2 heterocycles. The Balaban J connectivity index is 1.68. The molecule has 0 amide bonds. The SMILES string of the molecule is COc1cc2c(=O)n(CCc3nc(C)c4c(n3)CCCC4)cnc2c(OC)c1OC. The van der Waals surface area contributed by atoms with E-state index in [1.54, 1.807) is 10.6 Å². The van der Waals surface area contributed by atoms with E-state index in [9.17, 15) is 4.79 Å². The molecule has 3 aromatic rings. The Labute approximate surface area is 174 Å². The van der Waals surface area contributed by atoms with E-state index in [0.29, 0.717) is 41.1 Å². The summed E-state index contributed by atoms with van der Waals surface area (Å²) in [6, 6.07) is 1.64. The molecular weight excluding hydrogens is 384 g/mol. The maximum atomic E-state index is 13.1. The van der Waals surface area contributed by atoms with Crippen LogP contribution >= 0.6 is 0 Å². The third kappa shape index (κ3) is 3.46. The van der Waals surface area contributed by atoms with Gasteiger partial charge in [-0.15, -0.1) is 0 Å². The number of fused-ring (bicyclic) bond motifs is 2. The maximum Gasteiger partial charge on any atom is 0.261 e. The number of hydrogen-bond donors (Lipinski definition) is 0. The van der Waals surface area contributed by atoms with Gasteiger partial charge in [0, 0.05) is 24.4 Å². The summed E-state index contributed by atoms with van der Waals surface area (Å²) >= 11 is 0. The number of hydrogen-bond acceptors (Lipinski definition) is 7. The van der Waals surface area contributed by atoms with E-state index >= 15 is 0 Å². The molecule has 0 saturated heterocycles. The number of methoxy groups -OCH3 is 3. The van der Waals surface area contributed by atoms with Crippen LogP contribution in [0.15, 0.2) is 17.2 Å². The van der Waals surface area contributed by atoms with Crippen molar-refractivity contribution in [3.05, 3.63) is 45.5 Å². The second-order valence-corrected chi connectivity index (χ2v) is 7.39. The molecule has 0 bridgehead atoms. The molecule has 0 spiro atoms. The molecule has 0 atom stereocenters. The molecule has 0 N–H and O–H groups in total. The van der Waals surface area contributed by atoms with E-state index in [1.165, 1.54) is 46.1 Å². The second kappa shape index (κ2) is 8.30. The molecule has 0 unspecified atom stereocenters. The van der Waals surface area contributed by atoms with E-state index in [0.717, 1.165) is 30.1 Å². The molecule has 0 aliphatic heterocycles. The number of aryl methyl sites for hydroxylation is 4. The molecular formula is C22H26N4O4. The van der Waals surface area contributed by atoms with Crippen LogP contribution in [0.5, 0.6) is 17.2 Å². The van der Waals surface area contributed by atoms with Crippen LogP contribution in [0, 0.1) is 6.92 Å². The Kier molecular flexibility index (Phi) is 5.57.